The maximum atomic E-state index is 12.9. The van der Waals surface area contributed by atoms with E-state index in [1.165, 1.54) is 0 Å². The van der Waals surface area contributed by atoms with Gasteiger partial charge in [0.1, 0.15) is 6.04 Å². The lowest BCUT2D eigenvalue weighted by Gasteiger charge is -2.29. The van der Waals surface area contributed by atoms with Crippen LogP contribution in [0.25, 0.3) is 0 Å². The molecule has 0 aromatic heterocycles. The number of halogens is 1. The molecule has 6 heteroatoms. The fourth-order valence-electron chi connectivity index (χ4n) is 2.69. The Bertz CT molecular complexity index is 780. The summed E-state index contributed by atoms with van der Waals surface area (Å²) < 4.78 is 0. The lowest BCUT2D eigenvalue weighted by molar-refractivity contribution is -0.140. The van der Waals surface area contributed by atoms with Crippen LogP contribution in [0, 0.1) is 6.92 Å². The highest BCUT2D eigenvalue weighted by molar-refractivity contribution is 7.99. The van der Waals surface area contributed by atoms with Crippen LogP contribution >= 0.6 is 23.4 Å². The highest BCUT2D eigenvalue weighted by Crippen LogP contribution is 2.22. The number of aryl methyl sites for hydroxylation is 1. The van der Waals surface area contributed by atoms with E-state index in [2.05, 4.69) is 5.32 Å². The van der Waals surface area contributed by atoms with Crippen molar-refractivity contribution in [2.24, 2.45) is 0 Å². The normalized spacial score (nSPS) is 11.7. The fourth-order valence-corrected chi connectivity index (χ4v) is 3.66. The summed E-state index contributed by atoms with van der Waals surface area (Å²) >= 11 is 7.50. The number of amides is 2. The van der Waals surface area contributed by atoms with E-state index in [1.807, 2.05) is 55.5 Å². The number of carbonyl (C=O) groups is 2. The van der Waals surface area contributed by atoms with Crippen molar-refractivity contribution < 1.29 is 9.59 Å². The minimum atomic E-state index is -0.525. The van der Waals surface area contributed by atoms with E-state index < -0.39 is 6.04 Å². The Labute approximate surface area is 170 Å². The molecule has 0 spiro atoms. The second-order valence-corrected chi connectivity index (χ2v) is 7.90. The summed E-state index contributed by atoms with van der Waals surface area (Å²) in [4.78, 5) is 27.7. The van der Waals surface area contributed by atoms with E-state index in [1.54, 1.807) is 30.6 Å². The first-order valence-electron chi connectivity index (χ1n) is 8.86. The molecule has 144 valence electrons. The third-order valence-electron chi connectivity index (χ3n) is 4.41. The predicted octanol–water partition coefficient (Wildman–Crippen LogP) is 4.29. The van der Waals surface area contributed by atoms with Gasteiger partial charge in [-0.25, -0.2) is 0 Å². The van der Waals surface area contributed by atoms with Gasteiger partial charge in [0, 0.05) is 35.7 Å². The molecule has 0 aliphatic rings. The molecule has 0 saturated carbocycles. The third-order valence-corrected chi connectivity index (χ3v) is 5.68. The van der Waals surface area contributed by atoms with Gasteiger partial charge in [0.2, 0.25) is 11.8 Å². The smallest absolute Gasteiger partial charge is 0.242 e. The molecule has 4 nitrogen and oxygen atoms in total. The number of nitrogens with one attached hydrogen (secondary N) is 1. The quantitative estimate of drug-likeness (QED) is 0.667. The molecular formula is C21H25ClN2O2S. The molecular weight excluding hydrogens is 380 g/mol. The summed E-state index contributed by atoms with van der Waals surface area (Å²) in [5.74, 6) is 0.448. The van der Waals surface area contributed by atoms with Crippen LogP contribution in [0.3, 0.4) is 0 Å². The van der Waals surface area contributed by atoms with Gasteiger partial charge in [-0.15, -0.1) is 11.8 Å². The number of hydrogen-bond donors (Lipinski definition) is 1. The van der Waals surface area contributed by atoms with Gasteiger partial charge in [-0.1, -0.05) is 35.9 Å². The first-order chi connectivity index (χ1) is 12.9. The SMILES string of the molecule is CNC(=O)[C@H](C)N(Cc1ccccc1C)C(=O)CCSc1ccc(Cl)cc1. The van der Waals surface area contributed by atoms with Crippen LogP contribution < -0.4 is 5.32 Å². The predicted molar refractivity (Wildman–Crippen MR) is 112 cm³/mol. The molecule has 1 N–H and O–H groups in total. The van der Waals surface area contributed by atoms with Gasteiger partial charge in [0.25, 0.3) is 0 Å². The molecule has 2 rings (SSSR count). The van der Waals surface area contributed by atoms with Crippen molar-refractivity contribution >= 4 is 35.2 Å². The molecule has 0 heterocycles. The minimum absolute atomic E-state index is 0.0317. The summed E-state index contributed by atoms with van der Waals surface area (Å²) in [6.45, 7) is 4.20. The van der Waals surface area contributed by atoms with Crippen molar-refractivity contribution in [1.29, 1.82) is 0 Å². The Morgan fingerprint density at radius 1 is 1.15 bits per heavy atom. The Morgan fingerprint density at radius 2 is 1.81 bits per heavy atom. The molecule has 0 radical (unpaired) electrons. The lowest BCUT2D eigenvalue weighted by Crippen LogP contribution is -2.46. The van der Waals surface area contributed by atoms with E-state index in [0.29, 0.717) is 23.7 Å². The lowest BCUT2D eigenvalue weighted by atomic mass is 10.1. The van der Waals surface area contributed by atoms with Gasteiger partial charge >= 0.3 is 0 Å². The van der Waals surface area contributed by atoms with Crippen LogP contribution in [0.1, 0.15) is 24.5 Å². The van der Waals surface area contributed by atoms with E-state index >= 15 is 0 Å². The summed E-state index contributed by atoms with van der Waals surface area (Å²) in [6.07, 6.45) is 0.362. The molecule has 2 aromatic carbocycles. The van der Waals surface area contributed by atoms with E-state index in [0.717, 1.165) is 16.0 Å². The number of carbonyl (C=O) groups excluding carboxylic acids is 2. The van der Waals surface area contributed by atoms with Crippen molar-refractivity contribution in [2.75, 3.05) is 12.8 Å². The van der Waals surface area contributed by atoms with E-state index in [9.17, 15) is 9.59 Å². The van der Waals surface area contributed by atoms with Crippen molar-refractivity contribution in [3.63, 3.8) is 0 Å². The van der Waals surface area contributed by atoms with Crippen molar-refractivity contribution in [3.05, 3.63) is 64.7 Å². The number of nitrogens with zero attached hydrogens (tertiary/aromatic N) is 1. The molecule has 2 aromatic rings. The number of thioether (sulfide) groups is 1. The Kier molecular flexibility index (Phi) is 8.20. The molecule has 0 aliphatic carbocycles. The largest absolute Gasteiger partial charge is 0.357 e. The van der Waals surface area contributed by atoms with Crippen molar-refractivity contribution in [3.8, 4) is 0 Å². The van der Waals surface area contributed by atoms with Crippen LogP contribution in [0.5, 0.6) is 0 Å². The highest BCUT2D eigenvalue weighted by atomic mass is 35.5. The van der Waals surface area contributed by atoms with E-state index in [-0.39, 0.29) is 11.8 Å². The van der Waals surface area contributed by atoms with Gasteiger partial charge in [0.15, 0.2) is 0 Å². The van der Waals surface area contributed by atoms with Crippen LogP contribution in [0.2, 0.25) is 5.02 Å². The second-order valence-electron chi connectivity index (χ2n) is 6.29. The molecule has 1 atom stereocenters. The first kappa shape index (κ1) is 21.3. The van der Waals surface area contributed by atoms with Crippen molar-refractivity contribution in [2.45, 2.75) is 37.8 Å². The van der Waals surface area contributed by atoms with Crippen LogP contribution in [-0.4, -0.2) is 35.6 Å². The highest BCUT2D eigenvalue weighted by Gasteiger charge is 2.25. The van der Waals surface area contributed by atoms with Crippen LogP contribution in [0.15, 0.2) is 53.4 Å². The van der Waals surface area contributed by atoms with Gasteiger partial charge in [-0.3, -0.25) is 9.59 Å². The zero-order valence-corrected chi connectivity index (χ0v) is 17.4. The maximum Gasteiger partial charge on any atom is 0.242 e. The summed E-state index contributed by atoms with van der Waals surface area (Å²) in [5.41, 5.74) is 2.15. The Balaban J connectivity index is 2.04. The third kappa shape index (κ3) is 6.29. The second kappa shape index (κ2) is 10.4. The monoisotopic (exact) mass is 404 g/mol. The number of hydrogen-bond acceptors (Lipinski definition) is 3. The maximum absolute atomic E-state index is 12.9. The van der Waals surface area contributed by atoms with Crippen LogP contribution in [0.4, 0.5) is 0 Å². The summed E-state index contributed by atoms with van der Waals surface area (Å²) in [5, 5.41) is 3.33. The standard InChI is InChI=1S/C21H25ClN2O2S/c1-15-6-4-5-7-17(15)14-24(16(2)21(26)23-3)20(25)12-13-27-19-10-8-18(22)9-11-19/h4-11,16H,12-14H2,1-3H3,(H,23,26)/t16-/m0/s1. The molecule has 0 aliphatic heterocycles. The van der Waals surface area contributed by atoms with E-state index in [4.69, 9.17) is 11.6 Å². The first-order valence-corrected chi connectivity index (χ1v) is 10.2. The molecule has 0 saturated heterocycles. The van der Waals surface area contributed by atoms with Gasteiger partial charge in [-0.05, 0) is 49.2 Å². The van der Waals surface area contributed by atoms with Gasteiger partial charge < -0.3 is 10.2 Å². The molecule has 27 heavy (non-hydrogen) atoms. The van der Waals surface area contributed by atoms with Gasteiger partial charge in [-0.2, -0.15) is 0 Å². The van der Waals surface area contributed by atoms with Crippen molar-refractivity contribution in [1.82, 2.24) is 10.2 Å². The molecule has 0 unspecified atom stereocenters. The number of likely N-dealkylation sites (N-methyl/N-ethyl adjacent to an activating group) is 1. The number of benzene rings is 2. The average Bonchev–Trinajstić information content (AvgIpc) is 2.67. The molecule has 0 fully saturated rings. The number of rotatable bonds is 8. The Hall–Kier alpha value is -1.98. The molecule has 0 bridgehead atoms. The van der Waals surface area contributed by atoms with Crippen LogP contribution in [-0.2, 0) is 16.1 Å². The Morgan fingerprint density at radius 3 is 2.44 bits per heavy atom. The molecule has 2 amide bonds. The topological polar surface area (TPSA) is 49.4 Å². The zero-order chi connectivity index (χ0) is 19.8. The summed E-state index contributed by atoms with van der Waals surface area (Å²) in [6, 6.07) is 15.0. The zero-order valence-electron chi connectivity index (χ0n) is 15.9. The fraction of sp³-hybridized carbons (Fsp3) is 0.333. The van der Waals surface area contributed by atoms with Gasteiger partial charge in [0.05, 0.1) is 0 Å². The average molecular weight is 405 g/mol. The minimum Gasteiger partial charge on any atom is -0.357 e. The summed E-state index contributed by atoms with van der Waals surface area (Å²) in [7, 11) is 1.59.